The zero-order valence-corrected chi connectivity index (χ0v) is 14.4. The average molecular weight is 345 g/mol. The first kappa shape index (κ1) is 16.6. The molecule has 1 N–H and O–H groups in total. The molecule has 1 aromatic heterocycles. The Kier molecular flexibility index (Phi) is 4.89. The minimum absolute atomic E-state index is 0.0527. The molecule has 1 saturated heterocycles. The smallest absolute Gasteiger partial charge is 0.228 e. The lowest BCUT2D eigenvalue weighted by Crippen LogP contribution is -2.25. The van der Waals surface area contributed by atoms with E-state index < -0.39 is 0 Å². The van der Waals surface area contributed by atoms with E-state index in [-0.39, 0.29) is 16.9 Å². The quantitative estimate of drug-likeness (QED) is 0.902. The van der Waals surface area contributed by atoms with E-state index in [1.165, 1.54) is 11.8 Å². The number of nitrogens with one attached hydrogen (secondary N) is 1. The molecule has 24 heavy (non-hydrogen) atoms. The van der Waals surface area contributed by atoms with Gasteiger partial charge in [-0.15, -0.1) is 0 Å². The van der Waals surface area contributed by atoms with E-state index in [1.807, 2.05) is 30.3 Å². The highest BCUT2D eigenvalue weighted by atomic mass is 32.2. The van der Waals surface area contributed by atoms with Gasteiger partial charge >= 0.3 is 0 Å². The van der Waals surface area contributed by atoms with Crippen LogP contribution < -0.4 is 9.64 Å². The number of nitrogens with zero attached hydrogens (tertiary/aromatic N) is 2. The minimum atomic E-state index is 0.0527. The van der Waals surface area contributed by atoms with E-state index in [2.05, 4.69) is 10.2 Å². The van der Waals surface area contributed by atoms with E-state index in [0.29, 0.717) is 24.5 Å². The summed E-state index contributed by atoms with van der Waals surface area (Å²) in [5.74, 6) is 2.33. The summed E-state index contributed by atoms with van der Waals surface area (Å²) in [5.41, 5.74) is 1.83. The van der Waals surface area contributed by atoms with E-state index in [4.69, 9.17) is 4.74 Å². The summed E-state index contributed by atoms with van der Waals surface area (Å²) in [6, 6.07) is 9.51. The summed E-state index contributed by atoms with van der Waals surface area (Å²) in [6.45, 7) is 2.15. The Bertz CT molecular complexity index is 742. The maximum atomic E-state index is 12.2. The van der Waals surface area contributed by atoms with Crippen molar-refractivity contribution in [2.45, 2.75) is 13.3 Å². The molecule has 0 aliphatic carbocycles. The van der Waals surface area contributed by atoms with Gasteiger partial charge in [0.05, 0.1) is 12.8 Å². The molecule has 1 amide bonds. The van der Waals surface area contributed by atoms with Crippen molar-refractivity contribution >= 4 is 28.6 Å². The largest absolute Gasteiger partial charge is 0.497 e. The van der Waals surface area contributed by atoms with Gasteiger partial charge in [-0.25, -0.2) is 0 Å². The molecule has 3 rings (SSSR count). The molecule has 2 aromatic rings. The number of hydrogen-bond acceptors (Lipinski definition) is 5. The van der Waals surface area contributed by atoms with Crippen molar-refractivity contribution in [1.29, 1.82) is 0 Å². The zero-order chi connectivity index (χ0) is 17.1. The van der Waals surface area contributed by atoms with Crippen LogP contribution in [0.3, 0.4) is 0 Å². The van der Waals surface area contributed by atoms with Crippen molar-refractivity contribution in [1.82, 2.24) is 10.2 Å². The SMILES string of the molecule is COc1ccc(-c2cc(N3CC(CSC(C)=O)CC3=O)n[nH]2)cc1. The highest BCUT2D eigenvalue weighted by Gasteiger charge is 2.32. The van der Waals surface area contributed by atoms with Gasteiger partial charge in [0.25, 0.3) is 0 Å². The molecule has 6 nitrogen and oxygen atoms in total. The molecule has 7 heteroatoms. The standard InChI is InChI=1S/C17H19N3O3S/c1-11(21)24-10-12-7-17(22)20(9-12)16-8-15(18-19-16)13-3-5-14(23-2)6-4-13/h3-6,8,12H,7,9-10H2,1-2H3,(H,18,19). The first-order valence-electron chi connectivity index (χ1n) is 7.70. The molecule has 1 aliphatic heterocycles. The van der Waals surface area contributed by atoms with Gasteiger partial charge < -0.3 is 4.74 Å². The van der Waals surface area contributed by atoms with Gasteiger partial charge in [0, 0.05) is 31.7 Å². The third-order valence-corrected chi connectivity index (χ3v) is 5.01. The van der Waals surface area contributed by atoms with Crippen molar-refractivity contribution in [3.63, 3.8) is 0 Å². The molecule has 0 bridgehead atoms. The molecule has 1 unspecified atom stereocenters. The van der Waals surface area contributed by atoms with Crippen LogP contribution in [0.25, 0.3) is 11.3 Å². The van der Waals surface area contributed by atoms with Crippen LogP contribution in [0.4, 0.5) is 5.82 Å². The number of carbonyl (C=O) groups is 2. The summed E-state index contributed by atoms with van der Waals surface area (Å²) in [5, 5.41) is 7.34. The van der Waals surface area contributed by atoms with E-state index >= 15 is 0 Å². The lowest BCUT2D eigenvalue weighted by Gasteiger charge is -2.12. The molecule has 1 fully saturated rings. The number of hydrogen-bond donors (Lipinski definition) is 1. The van der Waals surface area contributed by atoms with Gasteiger partial charge in [-0.05, 0) is 35.7 Å². The number of ether oxygens (including phenoxy) is 1. The summed E-state index contributed by atoms with van der Waals surface area (Å²) in [6.07, 6.45) is 0.463. The minimum Gasteiger partial charge on any atom is -0.497 e. The van der Waals surface area contributed by atoms with Crippen molar-refractivity contribution in [2.75, 3.05) is 24.3 Å². The second-order valence-electron chi connectivity index (χ2n) is 5.75. The first-order valence-corrected chi connectivity index (χ1v) is 8.69. The second-order valence-corrected chi connectivity index (χ2v) is 6.94. The lowest BCUT2D eigenvalue weighted by atomic mass is 10.1. The molecule has 1 atom stereocenters. The van der Waals surface area contributed by atoms with Crippen molar-refractivity contribution in [3.05, 3.63) is 30.3 Å². The van der Waals surface area contributed by atoms with Crippen LogP contribution in [0, 0.1) is 5.92 Å². The molecule has 2 heterocycles. The van der Waals surface area contributed by atoms with Gasteiger partial charge in [-0.3, -0.25) is 19.6 Å². The number of benzene rings is 1. The van der Waals surface area contributed by atoms with Crippen molar-refractivity contribution < 1.29 is 14.3 Å². The van der Waals surface area contributed by atoms with E-state index in [1.54, 1.807) is 18.9 Å². The number of aromatic amines is 1. The van der Waals surface area contributed by atoms with E-state index in [9.17, 15) is 9.59 Å². The predicted octanol–water partition coefficient (Wildman–Crippen LogP) is 2.72. The van der Waals surface area contributed by atoms with Crippen LogP contribution in [0.5, 0.6) is 5.75 Å². The van der Waals surface area contributed by atoms with Crippen LogP contribution in [0.1, 0.15) is 13.3 Å². The number of thioether (sulfide) groups is 1. The maximum absolute atomic E-state index is 12.2. The first-order chi connectivity index (χ1) is 11.6. The number of H-pyrrole nitrogens is 1. The highest BCUT2D eigenvalue weighted by Crippen LogP contribution is 2.29. The summed E-state index contributed by atoms with van der Waals surface area (Å²) in [7, 11) is 1.63. The molecule has 0 radical (unpaired) electrons. The fourth-order valence-corrected chi connectivity index (χ4v) is 3.41. The van der Waals surface area contributed by atoms with Gasteiger partial charge in [-0.1, -0.05) is 11.8 Å². The Balaban J connectivity index is 1.70. The predicted molar refractivity (Wildman–Crippen MR) is 94.2 cm³/mol. The number of aromatic nitrogens is 2. The van der Waals surface area contributed by atoms with Gasteiger partial charge in [0.1, 0.15) is 5.75 Å². The van der Waals surface area contributed by atoms with Gasteiger partial charge in [0.2, 0.25) is 5.91 Å². The lowest BCUT2D eigenvalue weighted by molar-refractivity contribution is -0.117. The van der Waals surface area contributed by atoms with Gasteiger partial charge in [-0.2, -0.15) is 5.10 Å². The van der Waals surface area contributed by atoms with Crippen LogP contribution in [0.2, 0.25) is 0 Å². The maximum Gasteiger partial charge on any atom is 0.228 e. The van der Waals surface area contributed by atoms with Crippen molar-refractivity contribution in [2.24, 2.45) is 5.92 Å². The van der Waals surface area contributed by atoms with Gasteiger partial charge in [0.15, 0.2) is 10.9 Å². The van der Waals surface area contributed by atoms with Crippen LogP contribution >= 0.6 is 11.8 Å². The Hall–Kier alpha value is -2.28. The van der Waals surface area contributed by atoms with E-state index in [0.717, 1.165) is 17.0 Å². The average Bonchev–Trinajstić information content (AvgIpc) is 3.19. The third-order valence-electron chi connectivity index (χ3n) is 3.97. The molecule has 0 spiro atoms. The van der Waals surface area contributed by atoms with Crippen LogP contribution in [-0.4, -0.2) is 40.6 Å². The number of methoxy groups -OCH3 is 1. The van der Waals surface area contributed by atoms with Crippen LogP contribution in [0.15, 0.2) is 30.3 Å². The molecule has 0 saturated carbocycles. The molecule has 1 aliphatic rings. The normalized spacial score (nSPS) is 17.3. The number of anilines is 1. The summed E-state index contributed by atoms with van der Waals surface area (Å²) < 4.78 is 5.15. The Morgan fingerprint density at radius 2 is 2.17 bits per heavy atom. The zero-order valence-electron chi connectivity index (χ0n) is 13.6. The molecular weight excluding hydrogens is 326 g/mol. The Morgan fingerprint density at radius 1 is 1.42 bits per heavy atom. The fourth-order valence-electron chi connectivity index (χ4n) is 2.72. The fraction of sp³-hybridized carbons (Fsp3) is 0.353. The molecule has 126 valence electrons. The number of rotatable bonds is 5. The highest BCUT2D eigenvalue weighted by molar-refractivity contribution is 8.13. The summed E-state index contributed by atoms with van der Waals surface area (Å²) in [4.78, 5) is 25.0. The summed E-state index contributed by atoms with van der Waals surface area (Å²) >= 11 is 1.28. The van der Waals surface area contributed by atoms with Crippen molar-refractivity contribution in [3.8, 4) is 17.0 Å². The Morgan fingerprint density at radius 3 is 2.83 bits per heavy atom. The second kappa shape index (κ2) is 7.09. The Labute approximate surface area is 144 Å². The topological polar surface area (TPSA) is 75.3 Å². The number of amides is 1. The molecule has 1 aromatic carbocycles. The monoisotopic (exact) mass is 345 g/mol. The van der Waals surface area contributed by atoms with Crippen LogP contribution in [-0.2, 0) is 9.59 Å². The third kappa shape index (κ3) is 3.62. The molecular formula is C17H19N3O3S. The number of carbonyl (C=O) groups excluding carboxylic acids is 2.